The van der Waals surface area contributed by atoms with Gasteiger partial charge in [0.05, 0.1) is 18.1 Å². The molecule has 0 aromatic carbocycles. The van der Waals surface area contributed by atoms with Gasteiger partial charge in [0.1, 0.15) is 0 Å². The molecule has 2 aromatic heterocycles. The van der Waals surface area contributed by atoms with Crippen molar-refractivity contribution in [3.8, 4) is 11.4 Å². The van der Waals surface area contributed by atoms with Crippen LogP contribution in [0.2, 0.25) is 0 Å². The van der Waals surface area contributed by atoms with Gasteiger partial charge in [-0.3, -0.25) is 4.98 Å². The van der Waals surface area contributed by atoms with Crippen LogP contribution in [0.5, 0.6) is 0 Å². The molecule has 0 unspecified atom stereocenters. The molecule has 0 radical (unpaired) electrons. The minimum atomic E-state index is 0.571. The molecular formula is C11H12N4. The zero-order valence-corrected chi connectivity index (χ0v) is 8.73. The second-order valence-electron chi connectivity index (χ2n) is 3.48. The average Bonchev–Trinajstić information content (AvgIpc) is 2.17. The predicted octanol–water partition coefficient (Wildman–Crippen LogP) is 1.74. The molecule has 15 heavy (non-hydrogen) atoms. The smallest absolute Gasteiger partial charge is 0.159 e. The summed E-state index contributed by atoms with van der Waals surface area (Å²) in [4.78, 5) is 12.6. The lowest BCUT2D eigenvalue weighted by Crippen LogP contribution is -1.94. The van der Waals surface area contributed by atoms with E-state index in [4.69, 9.17) is 5.73 Å². The van der Waals surface area contributed by atoms with Crippen molar-refractivity contribution in [2.24, 2.45) is 0 Å². The van der Waals surface area contributed by atoms with Crippen molar-refractivity contribution in [3.05, 3.63) is 35.9 Å². The molecule has 2 rings (SSSR count). The summed E-state index contributed by atoms with van der Waals surface area (Å²) in [6.07, 6.45) is 3.21. The van der Waals surface area contributed by atoms with E-state index in [1.54, 1.807) is 12.4 Å². The van der Waals surface area contributed by atoms with E-state index < -0.39 is 0 Å². The highest BCUT2D eigenvalue weighted by atomic mass is 14.9. The minimum absolute atomic E-state index is 0.571. The van der Waals surface area contributed by atoms with E-state index in [1.165, 1.54) is 0 Å². The van der Waals surface area contributed by atoms with E-state index in [1.807, 2.05) is 26.0 Å². The zero-order valence-electron chi connectivity index (χ0n) is 8.73. The van der Waals surface area contributed by atoms with Gasteiger partial charge in [0.2, 0.25) is 0 Å². The van der Waals surface area contributed by atoms with Crippen LogP contribution in [0.25, 0.3) is 11.4 Å². The highest BCUT2D eigenvalue weighted by Crippen LogP contribution is 2.16. The Morgan fingerprint density at radius 2 is 1.53 bits per heavy atom. The van der Waals surface area contributed by atoms with Crippen molar-refractivity contribution in [1.82, 2.24) is 15.0 Å². The largest absolute Gasteiger partial charge is 0.396 e. The highest BCUT2D eigenvalue weighted by molar-refractivity contribution is 5.56. The molecule has 0 aliphatic heterocycles. The Hall–Kier alpha value is -1.97. The first-order valence-electron chi connectivity index (χ1n) is 4.68. The Morgan fingerprint density at radius 3 is 2.07 bits per heavy atom. The van der Waals surface area contributed by atoms with Crippen LogP contribution in [0.4, 0.5) is 5.69 Å². The summed E-state index contributed by atoms with van der Waals surface area (Å²) in [5.74, 6) is 0.679. The molecule has 0 fully saturated rings. The number of rotatable bonds is 1. The van der Waals surface area contributed by atoms with E-state index in [-0.39, 0.29) is 0 Å². The van der Waals surface area contributed by atoms with Crippen LogP contribution < -0.4 is 5.73 Å². The summed E-state index contributed by atoms with van der Waals surface area (Å²) < 4.78 is 0. The number of hydrogen-bond donors (Lipinski definition) is 1. The van der Waals surface area contributed by atoms with Crippen molar-refractivity contribution < 1.29 is 0 Å². The first-order chi connectivity index (χ1) is 7.15. The Bertz CT molecular complexity index is 456. The molecule has 0 aliphatic rings. The van der Waals surface area contributed by atoms with Gasteiger partial charge in [-0.1, -0.05) is 0 Å². The molecule has 2 aromatic rings. The van der Waals surface area contributed by atoms with E-state index in [2.05, 4.69) is 15.0 Å². The normalized spacial score (nSPS) is 10.3. The van der Waals surface area contributed by atoms with Gasteiger partial charge < -0.3 is 5.73 Å². The molecule has 2 N–H and O–H groups in total. The van der Waals surface area contributed by atoms with Crippen molar-refractivity contribution in [2.75, 3.05) is 5.73 Å². The third kappa shape index (κ3) is 2.10. The van der Waals surface area contributed by atoms with Crippen molar-refractivity contribution >= 4 is 5.69 Å². The number of aryl methyl sites for hydroxylation is 2. The molecule has 0 aliphatic carbocycles. The fourth-order valence-electron chi connectivity index (χ4n) is 1.45. The second-order valence-corrected chi connectivity index (χ2v) is 3.48. The van der Waals surface area contributed by atoms with Gasteiger partial charge >= 0.3 is 0 Å². The monoisotopic (exact) mass is 200 g/mol. The Balaban J connectivity index is 2.49. The number of pyridine rings is 1. The Labute approximate surface area is 88.2 Å². The zero-order chi connectivity index (χ0) is 10.8. The Morgan fingerprint density at radius 1 is 1.00 bits per heavy atom. The van der Waals surface area contributed by atoms with Crippen LogP contribution >= 0.6 is 0 Å². The summed E-state index contributed by atoms with van der Waals surface area (Å²) in [6, 6.07) is 3.91. The Kier molecular flexibility index (Phi) is 2.33. The predicted molar refractivity (Wildman–Crippen MR) is 59.1 cm³/mol. The van der Waals surface area contributed by atoms with E-state index in [9.17, 15) is 0 Å². The summed E-state index contributed by atoms with van der Waals surface area (Å²) in [5, 5.41) is 0. The lowest BCUT2D eigenvalue weighted by molar-refractivity contribution is 1.10. The maximum atomic E-state index is 5.53. The van der Waals surface area contributed by atoms with Crippen LogP contribution in [0, 0.1) is 13.8 Å². The molecule has 76 valence electrons. The molecule has 0 bridgehead atoms. The van der Waals surface area contributed by atoms with Crippen LogP contribution in [0.3, 0.4) is 0 Å². The van der Waals surface area contributed by atoms with Gasteiger partial charge in [0.15, 0.2) is 5.82 Å². The summed E-state index contributed by atoms with van der Waals surface area (Å²) in [7, 11) is 0. The first-order valence-corrected chi connectivity index (χ1v) is 4.68. The van der Waals surface area contributed by atoms with E-state index in [0.717, 1.165) is 17.0 Å². The van der Waals surface area contributed by atoms with Crippen LogP contribution in [0.1, 0.15) is 11.4 Å². The highest BCUT2D eigenvalue weighted by Gasteiger charge is 2.02. The molecule has 0 atom stereocenters. The number of nitrogen functional groups attached to an aromatic ring is 1. The van der Waals surface area contributed by atoms with E-state index >= 15 is 0 Å². The fourth-order valence-corrected chi connectivity index (χ4v) is 1.45. The summed E-state index contributed by atoms with van der Waals surface area (Å²) in [5.41, 5.74) is 9.00. The van der Waals surface area contributed by atoms with Gasteiger partial charge in [-0.15, -0.1) is 0 Å². The van der Waals surface area contributed by atoms with Gasteiger partial charge in [-0.2, -0.15) is 0 Å². The number of nitrogens with zero attached hydrogens (tertiary/aromatic N) is 3. The molecular weight excluding hydrogens is 188 g/mol. The number of nitrogens with two attached hydrogens (primary N) is 1. The number of hydrogen-bond acceptors (Lipinski definition) is 4. The average molecular weight is 200 g/mol. The third-order valence-electron chi connectivity index (χ3n) is 2.01. The van der Waals surface area contributed by atoms with Crippen molar-refractivity contribution in [1.29, 1.82) is 0 Å². The molecule has 0 spiro atoms. The van der Waals surface area contributed by atoms with Crippen LogP contribution in [0.15, 0.2) is 24.5 Å². The minimum Gasteiger partial charge on any atom is -0.396 e. The number of anilines is 1. The third-order valence-corrected chi connectivity index (χ3v) is 2.01. The topological polar surface area (TPSA) is 64.7 Å². The lowest BCUT2D eigenvalue weighted by Gasteiger charge is -2.02. The molecule has 2 heterocycles. The maximum Gasteiger partial charge on any atom is 0.159 e. The fraction of sp³-hybridized carbons (Fsp3) is 0.182. The molecule has 4 nitrogen and oxygen atoms in total. The van der Waals surface area contributed by atoms with Crippen molar-refractivity contribution in [3.63, 3.8) is 0 Å². The first kappa shape index (κ1) is 9.58. The summed E-state index contributed by atoms with van der Waals surface area (Å²) in [6.45, 7) is 3.90. The van der Waals surface area contributed by atoms with Crippen LogP contribution in [-0.4, -0.2) is 15.0 Å². The standard InChI is InChI=1S/C11H12N4/c1-7-3-9(4-8(2)15-7)11-13-5-10(12)6-14-11/h3-6H,12H2,1-2H3. The van der Waals surface area contributed by atoms with Gasteiger partial charge in [-0.05, 0) is 26.0 Å². The lowest BCUT2D eigenvalue weighted by atomic mass is 10.2. The van der Waals surface area contributed by atoms with Gasteiger partial charge in [-0.25, -0.2) is 9.97 Å². The molecule has 4 heteroatoms. The number of aromatic nitrogens is 3. The van der Waals surface area contributed by atoms with Gasteiger partial charge in [0.25, 0.3) is 0 Å². The van der Waals surface area contributed by atoms with Crippen LogP contribution in [-0.2, 0) is 0 Å². The summed E-state index contributed by atoms with van der Waals surface area (Å²) >= 11 is 0. The van der Waals surface area contributed by atoms with Crippen molar-refractivity contribution in [2.45, 2.75) is 13.8 Å². The quantitative estimate of drug-likeness (QED) is 0.761. The second kappa shape index (κ2) is 3.65. The maximum absolute atomic E-state index is 5.53. The molecule has 0 amide bonds. The SMILES string of the molecule is Cc1cc(-c2ncc(N)cn2)cc(C)n1. The van der Waals surface area contributed by atoms with E-state index in [0.29, 0.717) is 11.5 Å². The molecule has 0 saturated heterocycles. The molecule has 0 saturated carbocycles. The van der Waals surface area contributed by atoms with Gasteiger partial charge in [0, 0.05) is 17.0 Å².